The molecular weight excluding hydrogens is 372 g/mol. The minimum absolute atomic E-state index is 0.0857. The Morgan fingerprint density at radius 1 is 1.07 bits per heavy atom. The number of benzene rings is 1. The molecule has 10 heteroatoms. The second-order valence-corrected chi connectivity index (χ2v) is 8.78. The summed E-state index contributed by atoms with van der Waals surface area (Å²) in [4.78, 5) is 26.6. The van der Waals surface area contributed by atoms with Gasteiger partial charge in [-0.15, -0.1) is 0 Å². The van der Waals surface area contributed by atoms with Gasteiger partial charge in [0.05, 0.1) is 11.0 Å². The van der Waals surface area contributed by atoms with Crippen molar-refractivity contribution in [1.29, 1.82) is 0 Å². The smallest absolute Gasteiger partial charge is 0.289 e. The van der Waals surface area contributed by atoms with Gasteiger partial charge in [0.2, 0.25) is 15.9 Å². The molecule has 2 heterocycles. The highest BCUT2D eigenvalue weighted by Crippen LogP contribution is 2.27. The van der Waals surface area contributed by atoms with Gasteiger partial charge in [0.15, 0.2) is 4.90 Å². The number of hydrogen-bond acceptors (Lipinski definition) is 6. The van der Waals surface area contributed by atoms with Crippen molar-refractivity contribution in [2.24, 2.45) is 0 Å². The van der Waals surface area contributed by atoms with E-state index in [0.29, 0.717) is 13.1 Å². The molecule has 0 bridgehead atoms. The fourth-order valence-electron chi connectivity index (χ4n) is 3.65. The predicted molar refractivity (Wildman–Crippen MR) is 98.7 cm³/mol. The Morgan fingerprint density at radius 3 is 2.26 bits per heavy atom. The minimum Gasteiger partial charge on any atom is -0.341 e. The Hall–Kier alpha value is -2.04. The minimum atomic E-state index is -3.95. The van der Waals surface area contributed by atoms with Gasteiger partial charge >= 0.3 is 0 Å². The number of para-hydroxylation sites is 1. The molecule has 0 aliphatic carbocycles. The molecule has 0 N–H and O–H groups in total. The molecule has 3 rings (SSSR count). The topological polar surface area (TPSA) is 104 Å². The van der Waals surface area contributed by atoms with Gasteiger partial charge in [0.25, 0.3) is 5.69 Å². The van der Waals surface area contributed by atoms with E-state index >= 15 is 0 Å². The maximum atomic E-state index is 12.9. The number of nitrogens with zero attached hydrogens (tertiary/aromatic N) is 4. The molecule has 1 amide bonds. The summed E-state index contributed by atoms with van der Waals surface area (Å²) in [6.45, 7) is 4.66. The van der Waals surface area contributed by atoms with Crippen LogP contribution in [-0.4, -0.2) is 78.7 Å². The molecule has 0 aromatic heterocycles. The molecule has 0 radical (unpaired) electrons. The highest BCUT2D eigenvalue weighted by molar-refractivity contribution is 7.89. The number of rotatable bonds is 5. The zero-order chi connectivity index (χ0) is 19.6. The number of sulfonamides is 1. The molecular formula is C17H24N4O5S. The molecule has 9 nitrogen and oxygen atoms in total. The lowest BCUT2D eigenvalue weighted by molar-refractivity contribution is -0.387. The summed E-state index contributed by atoms with van der Waals surface area (Å²) in [7, 11) is -3.95. The van der Waals surface area contributed by atoms with Crippen LogP contribution in [0.3, 0.4) is 0 Å². The highest BCUT2D eigenvalue weighted by Gasteiger charge is 2.36. The summed E-state index contributed by atoms with van der Waals surface area (Å²) in [5.41, 5.74) is -0.419. The normalized spacial score (nSPS) is 20.6. The summed E-state index contributed by atoms with van der Waals surface area (Å²) in [6, 6.07) is 5.09. The first-order valence-corrected chi connectivity index (χ1v) is 10.5. The van der Waals surface area contributed by atoms with Crippen LogP contribution in [0.25, 0.3) is 0 Å². The second-order valence-electron chi connectivity index (χ2n) is 6.87. The molecule has 148 valence electrons. The fourth-order valence-corrected chi connectivity index (χ4v) is 5.23. The maximum absolute atomic E-state index is 12.9. The number of nitro groups is 1. The summed E-state index contributed by atoms with van der Waals surface area (Å²) in [6.07, 6.45) is 2.06. The van der Waals surface area contributed by atoms with E-state index in [-0.39, 0.29) is 29.9 Å². The molecule has 2 aliphatic rings. The van der Waals surface area contributed by atoms with Gasteiger partial charge in [-0.3, -0.25) is 19.8 Å². The Balaban J connectivity index is 1.68. The summed E-state index contributed by atoms with van der Waals surface area (Å²) in [5, 5.41) is 11.2. The number of likely N-dealkylation sites (tertiary alicyclic amines) is 1. The van der Waals surface area contributed by atoms with Crippen LogP contribution < -0.4 is 0 Å². The van der Waals surface area contributed by atoms with Crippen LogP contribution in [0.4, 0.5) is 5.69 Å². The van der Waals surface area contributed by atoms with E-state index in [0.717, 1.165) is 25.9 Å². The third-order valence-electron chi connectivity index (χ3n) is 5.28. The van der Waals surface area contributed by atoms with E-state index in [4.69, 9.17) is 0 Å². The number of nitro benzene ring substituents is 1. The van der Waals surface area contributed by atoms with Crippen LogP contribution in [0.2, 0.25) is 0 Å². The van der Waals surface area contributed by atoms with Crippen molar-refractivity contribution in [2.45, 2.75) is 30.7 Å². The molecule has 0 spiro atoms. The quantitative estimate of drug-likeness (QED) is 0.541. The Bertz CT molecular complexity index is 814. The van der Waals surface area contributed by atoms with Crippen molar-refractivity contribution in [3.05, 3.63) is 34.4 Å². The van der Waals surface area contributed by atoms with E-state index in [2.05, 4.69) is 0 Å². The monoisotopic (exact) mass is 396 g/mol. The highest BCUT2D eigenvalue weighted by atomic mass is 32.2. The average Bonchev–Trinajstić information content (AvgIpc) is 3.21. The summed E-state index contributed by atoms with van der Waals surface area (Å²) < 4.78 is 27.0. The van der Waals surface area contributed by atoms with Gasteiger partial charge in [-0.05, 0) is 25.8 Å². The van der Waals surface area contributed by atoms with E-state index in [1.54, 1.807) is 0 Å². The third-order valence-corrected chi connectivity index (χ3v) is 7.22. The predicted octanol–water partition coefficient (Wildman–Crippen LogP) is 0.912. The zero-order valence-corrected chi connectivity index (χ0v) is 16.1. The van der Waals surface area contributed by atoms with E-state index in [1.165, 1.54) is 28.6 Å². The van der Waals surface area contributed by atoms with Crippen LogP contribution in [0.15, 0.2) is 29.2 Å². The molecule has 2 aliphatic heterocycles. The molecule has 27 heavy (non-hydrogen) atoms. The Labute approximate surface area is 158 Å². The van der Waals surface area contributed by atoms with Gasteiger partial charge in [-0.1, -0.05) is 12.1 Å². The summed E-state index contributed by atoms with van der Waals surface area (Å²) >= 11 is 0. The van der Waals surface area contributed by atoms with E-state index < -0.39 is 20.6 Å². The van der Waals surface area contributed by atoms with Crippen molar-refractivity contribution >= 4 is 21.6 Å². The number of piperazine rings is 1. The van der Waals surface area contributed by atoms with Gasteiger partial charge < -0.3 is 4.90 Å². The Morgan fingerprint density at radius 2 is 1.67 bits per heavy atom. The average molecular weight is 396 g/mol. The lowest BCUT2D eigenvalue weighted by Gasteiger charge is -2.37. The van der Waals surface area contributed by atoms with Crippen molar-refractivity contribution in [2.75, 3.05) is 39.3 Å². The van der Waals surface area contributed by atoms with Crippen LogP contribution in [-0.2, 0) is 14.8 Å². The zero-order valence-electron chi connectivity index (χ0n) is 15.3. The van der Waals surface area contributed by atoms with Gasteiger partial charge in [-0.2, -0.15) is 4.31 Å². The molecule has 1 aromatic rings. The van der Waals surface area contributed by atoms with Crippen LogP contribution in [0, 0.1) is 10.1 Å². The van der Waals surface area contributed by atoms with Gasteiger partial charge in [0, 0.05) is 45.3 Å². The van der Waals surface area contributed by atoms with Crippen molar-refractivity contribution < 1.29 is 18.1 Å². The fraction of sp³-hybridized carbons (Fsp3) is 0.588. The maximum Gasteiger partial charge on any atom is 0.289 e. The van der Waals surface area contributed by atoms with E-state index in [9.17, 15) is 23.3 Å². The number of hydrogen-bond donors (Lipinski definition) is 0. The number of carbonyl (C=O) groups is 1. The van der Waals surface area contributed by atoms with Crippen molar-refractivity contribution in [3.63, 3.8) is 0 Å². The first kappa shape index (κ1) is 19.7. The molecule has 1 atom stereocenters. The van der Waals surface area contributed by atoms with Crippen LogP contribution in [0.5, 0.6) is 0 Å². The van der Waals surface area contributed by atoms with Crippen molar-refractivity contribution in [3.8, 4) is 0 Å². The number of carbonyl (C=O) groups excluding carboxylic acids is 1. The molecule has 0 unspecified atom stereocenters. The summed E-state index contributed by atoms with van der Waals surface area (Å²) in [5.74, 6) is 0.0857. The van der Waals surface area contributed by atoms with Gasteiger partial charge in [-0.25, -0.2) is 8.42 Å². The van der Waals surface area contributed by atoms with E-state index in [1.807, 2.05) is 16.7 Å². The van der Waals surface area contributed by atoms with Gasteiger partial charge in [0.1, 0.15) is 0 Å². The first-order valence-electron chi connectivity index (χ1n) is 9.09. The molecule has 2 fully saturated rings. The standard InChI is InChI=1S/C17H24N4O5S/c1-14(17(22)19-8-4-5-9-19)18-10-12-20(13-11-18)27(25,26)16-7-3-2-6-15(16)21(23)24/h2-3,6-7,14H,4-5,8-13H2,1H3/t14-/m1/s1. The second kappa shape index (κ2) is 7.91. The van der Waals surface area contributed by atoms with Crippen LogP contribution in [0.1, 0.15) is 19.8 Å². The van der Waals surface area contributed by atoms with Crippen LogP contribution >= 0.6 is 0 Å². The number of amides is 1. The third kappa shape index (κ3) is 3.97. The molecule has 2 saturated heterocycles. The SMILES string of the molecule is C[C@H](C(=O)N1CCCC1)N1CCN(S(=O)(=O)c2ccccc2[N+](=O)[O-])CC1. The Kier molecular flexibility index (Phi) is 5.78. The van der Waals surface area contributed by atoms with Crippen molar-refractivity contribution in [1.82, 2.24) is 14.1 Å². The largest absolute Gasteiger partial charge is 0.341 e. The lowest BCUT2D eigenvalue weighted by Crippen LogP contribution is -2.55. The first-order chi connectivity index (χ1) is 12.8. The molecule has 0 saturated carbocycles. The molecule has 1 aromatic carbocycles. The lowest BCUT2D eigenvalue weighted by atomic mass is 10.2.